The van der Waals surface area contributed by atoms with Gasteiger partial charge in [0.25, 0.3) is 23.5 Å². The predicted molar refractivity (Wildman–Crippen MR) is 146 cm³/mol. The number of piperazine rings is 1. The summed E-state index contributed by atoms with van der Waals surface area (Å²) in [7, 11) is -1.63. The van der Waals surface area contributed by atoms with Crippen molar-refractivity contribution < 1.29 is 29.2 Å². The van der Waals surface area contributed by atoms with Gasteiger partial charge < -0.3 is 30.1 Å². The fourth-order valence-electron chi connectivity index (χ4n) is 4.58. The Bertz CT molecular complexity index is 1540. The van der Waals surface area contributed by atoms with E-state index < -0.39 is 24.7 Å². The maximum Gasteiger partial charge on any atom is 0.488 e. The number of benzene rings is 3. The van der Waals surface area contributed by atoms with Crippen molar-refractivity contribution in [2.45, 2.75) is 0 Å². The van der Waals surface area contributed by atoms with E-state index in [0.29, 0.717) is 40.8 Å². The van der Waals surface area contributed by atoms with Crippen LogP contribution in [-0.4, -0.2) is 81.6 Å². The fourth-order valence-corrected chi connectivity index (χ4v) is 4.58. The van der Waals surface area contributed by atoms with Crippen molar-refractivity contribution in [2.75, 3.05) is 31.5 Å². The molecule has 0 spiro atoms. The molecule has 1 aliphatic heterocycles. The minimum absolute atomic E-state index is 0.109. The van der Waals surface area contributed by atoms with Crippen LogP contribution in [0.2, 0.25) is 0 Å². The lowest BCUT2D eigenvalue weighted by atomic mass is 9.80. The minimum atomic E-state index is -1.63. The molecule has 1 fully saturated rings. The monoisotopic (exact) mass is 524 g/mol. The van der Waals surface area contributed by atoms with Gasteiger partial charge in [-0.1, -0.05) is 42.5 Å². The van der Waals surface area contributed by atoms with E-state index in [-0.39, 0.29) is 30.0 Å². The molecule has 1 aromatic heterocycles. The van der Waals surface area contributed by atoms with Gasteiger partial charge in [0.2, 0.25) is 0 Å². The number of carbonyl (C=O) groups is 4. The largest absolute Gasteiger partial charge is 0.488 e. The molecule has 10 nitrogen and oxygen atoms in total. The van der Waals surface area contributed by atoms with Crippen LogP contribution in [0.5, 0.6) is 0 Å². The lowest BCUT2D eigenvalue weighted by Gasteiger charge is -2.34. The Morgan fingerprint density at radius 2 is 1.44 bits per heavy atom. The minimum Gasteiger partial charge on any atom is -0.423 e. The Morgan fingerprint density at radius 1 is 0.769 bits per heavy atom. The first kappa shape index (κ1) is 25.9. The summed E-state index contributed by atoms with van der Waals surface area (Å²) in [4.78, 5) is 57.8. The number of nitrogens with one attached hydrogen (secondary N) is 2. The molecule has 4 aromatic rings. The molecule has 0 aliphatic carbocycles. The molecule has 1 saturated heterocycles. The zero-order valence-corrected chi connectivity index (χ0v) is 20.8. The van der Waals surface area contributed by atoms with Gasteiger partial charge in [0.15, 0.2) is 0 Å². The summed E-state index contributed by atoms with van der Waals surface area (Å²) in [6, 6.07) is 19.8. The molecule has 0 bridgehead atoms. The summed E-state index contributed by atoms with van der Waals surface area (Å²) in [5.74, 6) is -1.86. The van der Waals surface area contributed by atoms with Gasteiger partial charge >= 0.3 is 7.12 Å². The van der Waals surface area contributed by atoms with Crippen LogP contribution in [0, 0.1) is 0 Å². The molecule has 196 valence electrons. The summed E-state index contributed by atoms with van der Waals surface area (Å²) in [6.07, 6.45) is 1.45. The van der Waals surface area contributed by atoms with Gasteiger partial charge in [0.05, 0.1) is 16.8 Å². The first-order valence-corrected chi connectivity index (χ1v) is 12.4. The maximum absolute atomic E-state index is 13.2. The number of aromatic amines is 1. The number of Topliss-reactive ketones (excluding diaryl/α,β-unsaturated/α-hetero) is 1. The van der Waals surface area contributed by atoms with Crippen molar-refractivity contribution >= 4 is 52.7 Å². The standard InChI is InChI=1S/C28H25BN4O6/c34-25(28(37)33-15-13-32(14-16-33)27(36)19-5-2-1-3-6-19)22-17-30-24-21(22)7-4-8-23(24)31-26(35)18-9-11-20(12-10-18)29(38)39/h1-12,17,30,38-39H,13-16H2,(H,31,35). The van der Waals surface area contributed by atoms with E-state index in [9.17, 15) is 29.2 Å². The highest BCUT2D eigenvalue weighted by atomic mass is 16.4. The maximum atomic E-state index is 13.2. The number of fused-ring (bicyclic) bond motifs is 1. The normalized spacial score (nSPS) is 13.3. The average Bonchev–Trinajstić information content (AvgIpc) is 3.42. The third kappa shape index (κ3) is 5.31. The second-order valence-corrected chi connectivity index (χ2v) is 9.16. The zero-order chi connectivity index (χ0) is 27.5. The molecular formula is C28H25BN4O6. The van der Waals surface area contributed by atoms with Crippen LogP contribution < -0.4 is 10.8 Å². The summed E-state index contributed by atoms with van der Waals surface area (Å²) in [6.45, 7) is 1.15. The van der Waals surface area contributed by atoms with Gasteiger partial charge in [-0.05, 0) is 35.8 Å². The van der Waals surface area contributed by atoms with Crippen molar-refractivity contribution in [3.8, 4) is 0 Å². The van der Waals surface area contributed by atoms with Gasteiger partial charge in [-0.3, -0.25) is 19.2 Å². The highest BCUT2D eigenvalue weighted by Crippen LogP contribution is 2.27. The quantitative estimate of drug-likeness (QED) is 0.170. The van der Waals surface area contributed by atoms with Gasteiger partial charge in [-0.15, -0.1) is 0 Å². The second kappa shape index (κ2) is 10.9. The number of aromatic nitrogens is 1. The van der Waals surface area contributed by atoms with Gasteiger partial charge in [-0.25, -0.2) is 0 Å². The molecule has 0 saturated carbocycles. The summed E-state index contributed by atoms with van der Waals surface area (Å²) >= 11 is 0. The van der Waals surface area contributed by atoms with E-state index in [1.807, 2.05) is 6.07 Å². The van der Waals surface area contributed by atoms with E-state index >= 15 is 0 Å². The van der Waals surface area contributed by atoms with E-state index in [0.717, 1.165) is 0 Å². The summed E-state index contributed by atoms with van der Waals surface area (Å²) in [5, 5.41) is 21.7. The fraction of sp³-hybridized carbons (Fsp3) is 0.143. The van der Waals surface area contributed by atoms with E-state index in [1.54, 1.807) is 47.4 Å². The Balaban J connectivity index is 1.26. The predicted octanol–water partition coefficient (Wildman–Crippen LogP) is 1.27. The number of rotatable bonds is 6. The van der Waals surface area contributed by atoms with E-state index in [4.69, 9.17) is 0 Å². The number of hydrogen-bond donors (Lipinski definition) is 4. The van der Waals surface area contributed by atoms with Crippen LogP contribution in [0.1, 0.15) is 31.1 Å². The molecule has 0 radical (unpaired) electrons. The van der Waals surface area contributed by atoms with Crippen LogP contribution in [0.25, 0.3) is 10.9 Å². The van der Waals surface area contributed by atoms with Gasteiger partial charge in [-0.2, -0.15) is 0 Å². The van der Waals surface area contributed by atoms with Crippen molar-refractivity contribution in [3.05, 3.63) is 95.7 Å². The molecular weight excluding hydrogens is 499 g/mol. The third-order valence-electron chi connectivity index (χ3n) is 6.75. The molecule has 3 amide bonds. The smallest absolute Gasteiger partial charge is 0.423 e. The topological polar surface area (TPSA) is 143 Å². The third-order valence-corrected chi connectivity index (χ3v) is 6.75. The van der Waals surface area contributed by atoms with E-state index in [2.05, 4.69) is 10.3 Å². The second-order valence-electron chi connectivity index (χ2n) is 9.16. The van der Waals surface area contributed by atoms with Crippen LogP contribution in [0.4, 0.5) is 5.69 Å². The number of H-pyrrole nitrogens is 1. The van der Waals surface area contributed by atoms with Crippen LogP contribution in [0.15, 0.2) is 79.0 Å². The van der Waals surface area contributed by atoms with E-state index in [1.165, 1.54) is 35.4 Å². The molecule has 39 heavy (non-hydrogen) atoms. The number of amides is 3. The number of anilines is 1. The summed E-state index contributed by atoms with van der Waals surface area (Å²) < 4.78 is 0. The molecule has 0 unspecified atom stereocenters. The first-order valence-electron chi connectivity index (χ1n) is 12.4. The number of ketones is 1. The van der Waals surface area contributed by atoms with Crippen molar-refractivity contribution in [2.24, 2.45) is 0 Å². The highest BCUT2D eigenvalue weighted by molar-refractivity contribution is 6.58. The first-order chi connectivity index (χ1) is 18.8. The van der Waals surface area contributed by atoms with Gasteiger partial charge in [0.1, 0.15) is 0 Å². The highest BCUT2D eigenvalue weighted by Gasteiger charge is 2.30. The van der Waals surface area contributed by atoms with Crippen LogP contribution in [-0.2, 0) is 4.79 Å². The van der Waals surface area contributed by atoms with Gasteiger partial charge in [0, 0.05) is 48.9 Å². The molecule has 4 N–H and O–H groups in total. The Hall–Kier alpha value is -4.74. The molecule has 1 aliphatic rings. The molecule has 0 atom stereocenters. The van der Waals surface area contributed by atoms with Crippen molar-refractivity contribution in [1.29, 1.82) is 0 Å². The summed E-state index contributed by atoms with van der Waals surface area (Å²) in [5.41, 5.74) is 2.24. The zero-order valence-electron chi connectivity index (χ0n) is 20.8. The SMILES string of the molecule is O=C(Nc1cccc2c(C(=O)C(=O)N3CCN(C(=O)c4ccccc4)CC3)c[nH]c12)c1ccc(B(O)O)cc1. The lowest BCUT2D eigenvalue weighted by molar-refractivity contribution is -0.127. The molecule has 11 heteroatoms. The molecule has 3 aromatic carbocycles. The van der Waals surface area contributed by atoms with Crippen molar-refractivity contribution in [1.82, 2.24) is 14.8 Å². The molecule has 5 rings (SSSR count). The van der Waals surface area contributed by atoms with Crippen LogP contribution in [0.3, 0.4) is 0 Å². The lowest BCUT2D eigenvalue weighted by Crippen LogP contribution is -2.52. The Morgan fingerprint density at radius 3 is 2.10 bits per heavy atom. The number of hydrogen-bond acceptors (Lipinski definition) is 6. The Labute approximate surface area is 224 Å². The van der Waals surface area contributed by atoms with Crippen molar-refractivity contribution in [3.63, 3.8) is 0 Å². The Kier molecular flexibility index (Phi) is 7.26. The molecule has 2 heterocycles. The average molecular weight is 524 g/mol. The number of carbonyl (C=O) groups excluding carboxylic acids is 4. The number of para-hydroxylation sites is 1. The van der Waals surface area contributed by atoms with Crippen LogP contribution >= 0.6 is 0 Å². The number of nitrogens with zero attached hydrogens (tertiary/aromatic N) is 2.